The molecule has 0 N–H and O–H groups in total. The van der Waals surface area contributed by atoms with Crippen LogP contribution in [0.25, 0.3) is 0 Å². The first-order valence-electron chi connectivity index (χ1n) is 5.59. The van der Waals surface area contributed by atoms with Crippen molar-refractivity contribution in [3.8, 4) is 0 Å². The fourth-order valence-electron chi connectivity index (χ4n) is 2.20. The predicted octanol–water partition coefficient (Wildman–Crippen LogP) is 4.14. The Labute approximate surface area is 107 Å². The molecule has 1 aromatic carbocycles. The van der Waals surface area contributed by atoms with Crippen molar-refractivity contribution in [2.24, 2.45) is 0 Å². The zero-order valence-electron chi connectivity index (χ0n) is 9.07. The molecule has 0 spiro atoms. The summed E-state index contributed by atoms with van der Waals surface area (Å²) in [7, 11) is 0. The maximum absolute atomic E-state index is 5.80. The molecule has 1 unspecified atom stereocenters. The van der Waals surface area contributed by atoms with Gasteiger partial charge in [-0.1, -0.05) is 53.5 Å². The van der Waals surface area contributed by atoms with Gasteiger partial charge in [-0.2, -0.15) is 0 Å². The molecule has 1 nitrogen and oxygen atoms in total. The Balaban J connectivity index is 2.24. The minimum absolute atomic E-state index is 0.216. The summed E-state index contributed by atoms with van der Waals surface area (Å²) in [4.78, 5) is 2.42. The molecule has 1 aliphatic rings. The first-order valence-corrected chi connectivity index (χ1v) is 6.35. The quantitative estimate of drug-likeness (QED) is 0.785. The summed E-state index contributed by atoms with van der Waals surface area (Å²) >= 11 is 11.6. The molecule has 0 saturated carbocycles. The van der Waals surface area contributed by atoms with Gasteiger partial charge in [-0.05, 0) is 37.6 Å². The summed E-state index contributed by atoms with van der Waals surface area (Å²) in [5.41, 5.74) is 1.25. The van der Waals surface area contributed by atoms with Crippen LogP contribution in [-0.2, 0) is 0 Å². The van der Waals surface area contributed by atoms with Gasteiger partial charge in [-0.25, -0.2) is 0 Å². The maximum atomic E-state index is 5.80. The molecule has 1 saturated heterocycles. The molecule has 1 aromatic rings. The second-order valence-corrected chi connectivity index (χ2v) is 5.06. The van der Waals surface area contributed by atoms with Crippen molar-refractivity contribution in [3.05, 3.63) is 46.5 Å². The largest absolute Gasteiger partial charge is 0.293 e. The summed E-state index contributed by atoms with van der Waals surface area (Å²) in [6.45, 7) is 2.24. The van der Waals surface area contributed by atoms with Crippen molar-refractivity contribution in [2.45, 2.75) is 18.9 Å². The lowest BCUT2D eigenvalue weighted by Crippen LogP contribution is -2.24. The number of likely N-dealkylation sites (tertiary alicyclic amines) is 1. The zero-order chi connectivity index (χ0) is 11.4. The highest BCUT2D eigenvalue weighted by molar-refractivity contribution is 6.55. The monoisotopic (exact) mass is 255 g/mol. The van der Waals surface area contributed by atoms with Gasteiger partial charge in [-0.15, -0.1) is 0 Å². The van der Waals surface area contributed by atoms with Crippen LogP contribution in [0.4, 0.5) is 0 Å². The summed E-state index contributed by atoms with van der Waals surface area (Å²) in [6.07, 6.45) is 4.44. The van der Waals surface area contributed by atoms with E-state index in [1.807, 2.05) is 24.3 Å². The van der Waals surface area contributed by atoms with E-state index in [1.165, 1.54) is 18.4 Å². The second-order valence-electron chi connectivity index (χ2n) is 4.05. The first-order chi connectivity index (χ1) is 7.77. The molecule has 16 heavy (non-hydrogen) atoms. The van der Waals surface area contributed by atoms with Crippen LogP contribution >= 0.6 is 23.2 Å². The van der Waals surface area contributed by atoms with Crippen LogP contribution in [0, 0.1) is 0 Å². The van der Waals surface area contributed by atoms with Gasteiger partial charge in [0.05, 0.1) is 6.04 Å². The number of hydrogen-bond acceptors (Lipinski definition) is 1. The highest BCUT2D eigenvalue weighted by Crippen LogP contribution is 2.28. The van der Waals surface area contributed by atoms with E-state index < -0.39 is 0 Å². The van der Waals surface area contributed by atoms with Crippen LogP contribution in [0.15, 0.2) is 40.9 Å². The molecule has 0 aliphatic carbocycles. The minimum atomic E-state index is 0.216. The zero-order valence-corrected chi connectivity index (χ0v) is 10.6. The van der Waals surface area contributed by atoms with Gasteiger partial charge < -0.3 is 0 Å². The third kappa shape index (κ3) is 3.00. The Kier molecular flexibility index (Phi) is 4.28. The fourth-order valence-corrected chi connectivity index (χ4v) is 2.44. The lowest BCUT2D eigenvalue weighted by atomic mass is 10.1. The summed E-state index contributed by atoms with van der Waals surface area (Å²) < 4.78 is 0.348. The SMILES string of the molecule is ClC(Cl)=CC(c1ccccc1)N1CCCC1. The van der Waals surface area contributed by atoms with Crippen molar-refractivity contribution in [3.63, 3.8) is 0 Å². The smallest absolute Gasteiger partial charge is 0.104 e. The molecule has 0 amide bonds. The van der Waals surface area contributed by atoms with E-state index in [0.717, 1.165) is 13.1 Å². The van der Waals surface area contributed by atoms with Gasteiger partial charge >= 0.3 is 0 Å². The average molecular weight is 256 g/mol. The van der Waals surface area contributed by atoms with Crippen molar-refractivity contribution < 1.29 is 0 Å². The molecule has 1 aliphatic heterocycles. The van der Waals surface area contributed by atoms with Crippen LogP contribution in [0.2, 0.25) is 0 Å². The third-order valence-electron chi connectivity index (χ3n) is 2.96. The van der Waals surface area contributed by atoms with Crippen molar-refractivity contribution in [1.29, 1.82) is 0 Å². The Morgan fingerprint density at radius 2 is 1.75 bits per heavy atom. The molecule has 1 heterocycles. The lowest BCUT2D eigenvalue weighted by Gasteiger charge is -2.25. The second kappa shape index (κ2) is 5.72. The van der Waals surface area contributed by atoms with Crippen molar-refractivity contribution in [2.75, 3.05) is 13.1 Å². The van der Waals surface area contributed by atoms with Crippen LogP contribution in [-0.4, -0.2) is 18.0 Å². The highest BCUT2D eigenvalue weighted by Gasteiger charge is 2.21. The number of hydrogen-bond donors (Lipinski definition) is 0. The van der Waals surface area contributed by atoms with Gasteiger partial charge in [0.25, 0.3) is 0 Å². The van der Waals surface area contributed by atoms with Crippen molar-refractivity contribution in [1.82, 2.24) is 4.90 Å². The van der Waals surface area contributed by atoms with Gasteiger partial charge in [-0.3, -0.25) is 4.90 Å². The Bertz CT molecular complexity index is 351. The summed E-state index contributed by atoms with van der Waals surface area (Å²) in [6, 6.07) is 10.6. The van der Waals surface area contributed by atoms with Gasteiger partial charge in [0.2, 0.25) is 0 Å². The maximum Gasteiger partial charge on any atom is 0.104 e. The molecule has 0 radical (unpaired) electrons. The van der Waals surface area contributed by atoms with Crippen molar-refractivity contribution >= 4 is 23.2 Å². The fraction of sp³-hybridized carbons (Fsp3) is 0.385. The predicted molar refractivity (Wildman–Crippen MR) is 69.8 cm³/mol. The molecule has 1 fully saturated rings. The molecule has 2 rings (SSSR count). The molecule has 0 aromatic heterocycles. The topological polar surface area (TPSA) is 3.24 Å². The highest BCUT2D eigenvalue weighted by atomic mass is 35.5. The van der Waals surface area contributed by atoms with E-state index in [1.54, 1.807) is 0 Å². The van der Waals surface area contributed by atoms with Crippen LogP contribution < -0.4 is 0 Å². The number of rotatable bonds is 3. The molecular weight excluding hydrogens is 241 g/mol. The van der Waals surface area contributed by atoms with E-state index in [2.05, 4.69) is 17.0 Å². The van der Waals surface area contributed by atoms with E-state index >= 15 is 0 Å². The normalized spacial score (nSPS) is 18.4. The van der Waals surface area contributed by atoms with Gasteiger partial charge in [0.15, 0.2) is 0 Å². The van der Waals surface area contributed by atoms with E-state index in [-0.39, 0.29) is 6.04 Å². The molecule has 86 valence electrons. The molecule has 3 heteroatoms. The van der Waals surface area contributed by atoms with Crippen LogP contribution in [0.5, 0.6) is 0 Å². The average Bonchev–Trinajstić information content (AvgIpc) is 2.80. The number of halogens is 2. The summed E-state index contributed by atoms with van der Waals surface area (Å²) in [5, 5.41) is 0. The van der Waals surface area contributed by atoms with E-state index in [9.17, 15) is 0 Å². The Hall–Kier alpha value is -0.500. The molecule has 0 bridgehead atoms. The van der Waals surface area contributed by atoms with E-state index in [0.29, 0.717) is 4.49 Å². The first kappa shape index (κ1) is 12.0. The minimum Gasteiger partial charge on any atom is -0.293 e. The van der Waals surface area contributed by atoms with E-state index in [4.69, 9.17) is 23.2 Å². The molecular formula is C13H15Cl2N. The third-order valence-corrected chi connectivity index (χ3v) is 3.21. The van der Waals surface area contributed by atoms with Crippen LogP contribution in [0.3, 0.4) is 0 Å². The number of nitrogens with zero attached hydrogens (tertiary/aromatic N) is 1. The Morgan fingerprint density at radius 3 is 2.31 bits per heavy atom. The number of benzene rings is 1. The Morgan fingerprint density at radius 1 is 1.12 bits per heavy atom. The molecule has 1 atom stereocenters. The van der Waals surface area contributed by atoms with Gasteiger partial charge in [0.1, 0.15) is 4.49 Å². The van der Waals surface area contributed by atoms with Gasteiger partial charge in [0, 0.05) is 0 Å². The lowest BCUT2D eigenvalue weighted by molar-refractivity contribution is 0.288. The van der Waals surface area contributed by atoms with Crippen LogP contribution in [0.1, 0.15) is 24.4 Å². The summed E-state index contributed by atoms with van der Waals surface area (Å²) in [5.74, 6) is 0. The standard InChI is InChI=1S/C13H15Cl2N/c14-13(15)10-12(16-8-4-5-9-16)11-6-2-1-3-7-11/h1-3,6-7,10,12H,4-5,8-9H2.